The van der Waals surface area contributed by atoms with Crippen molar-refractivity contribution in [2.24, 2.45) is 5.41 Å². The zero-order chi connectivity index (χ0) is 19.4. The van der Waals surface area contributed by atoms with Crippen LogP contribution in [0.1, 0.15) is 50.1 Å². The van der Waals surface area contributed by atoms with E-state index in [-0.39, 0.29) is 11.3 Å². The third kappa shape index (κ3) is 4.41. The average Bonchev–Trinajstić information content (AvgIpc) is 3.17. The van der Waals surface area contributed by atoms with Crippen LogP contribution in [0.25, 0.3) is 0 Å². The number of carbonyl (C=O) groups is 1. The summed E-state index contributed by atoms with van der Waals surface area (Å²) in [4.78, 5) is 21.4. The minimum absolute atomic E-state index is 0.184. The normalized spacial score (nSPS) is 23.5. The maximum absolute atomic E-state index is 12.5. The minimum Gasteiger partial charge on any atom is -0.424 e. The number of pyridine rings is 1. The van der Waals surface area contributed by atoms with Crippen LogP contribution < -0.4 is 0 Å². The number of carbonyl (C=O) groups excluding carboxylic acids is 1. The van der Waals surface area contributed by atoms with Gasteiger partial charge in [-0.1, -0.05) is 13.0 Å². The molecule has 28 heavy (non-hydrogen) atoms. The molecule has 150 valence electrons. The largest absolute Gasteiger partial charge is 0.424 e. The molecule has 0 saturated carbocycles. The van der Waals surface area contributed by atoms with E-state index < -0.39 is 0 Å². The maximum atomic E-state index is 12.5. The summed E-state index contributed by atoms with van der Waals surface area (Å²) in [6, 6.07) is 5.96. The first-order chi connectivity index (χ1) is 13.7. The van der Waals surface area contributed by atoms with Gasteiger partial charge in [-0.2, -0.15) is 0 Å². The lowest BCUT2D eigenvalue weighted by Gasteiger charge is -2.48. The van der Waals surface area contributed by atoms with Gasteiger partial charge in [0.05, 0.1) is 6.54 Å². The van der Waals surface area contributed by atoms with Gasteiger partial charge in [0.15, 0.2) is 0 Å². The highest BCUT2D eigenvalue weighted by Gasteiger charge is 2.41. The molecule has 2 saturated heterocycles. The van der Waals surface area contributed by atoms with Crippen LogP contribution in [-0.2, 0) is 24.2 Å². The average molecular weight is 383 g/mol. The Morgan fingerprint density at radius 3 is 2.86 bits per heavy atom. The SMILES string of the molecule is CCc1nnc(CN2CCC[C@@]3(CCC(=O)N(CCc4ccccn4)C3)C2)o1. The molecule has 2 aliphatic heterocycles. The Kier molecular flexibility index (Phi) is 5.71. The fourth-order valence-electron chi connectivity index (χ4n) is 4.57. The predicted octanol–water partition coefficient (Wildman–Crippen LogP) is 2.47. The summed E-state index contributed by atoms with van der Waals surface area (Å²) in [5.74, 6) is 1.68. The van der Waals surface area contributed by atoms with Gasteiger partial charge in [-0.25, -0.2) is 0 Å². The Hall–Kier alpha value is -2.28. The summed E-state index contributed by atoms with van der Waals surface area (Å²) in [5, 5.41) is 8.25. The summed E-state index contributed by atoms with van der Waals surface area (Å²) in [6.07, 6.45) is 7.36. The van der Waals surface area contributed by atoms with Crippen molar-refractivity contribution in [3.05, 3.63) is 41.9 Å². The van der Waals surface area contributed by atoms with Gasteiger partial charge in [-0.05, 0) is 37.9 Å². The van der Waals surface area contributed by atoms with Crippen LogP contribution in [0, 0.1) is 5.41 Å². The third-order valence-corrected chi connectivity index (χ3v) is 6.02. The molecule has 4 heterocycles. The van der Waals surface area contributed by atoms with Crippen molar-refractivity contribution < 1.29 is 9.21 Å². The lowest BCUT2D eigenvalue weighted by Crippen LogP contribution is -2.54. The fraction of sp³-hybridized carbons (Fsp3) is 0.619. The van der Waals surface area contributed by atoms with Crippen LogP contribution in [0.2, 0.25) is 0 Å². The zero-order valence-corrected chi connectivity index (χ0v) is 16.6. The Morgan fingerprint density at radius 2 is 2.07 bits per heavy atom. The second-order valence-corrected chi connectivity index (χ2v) is 8.14. The van der Waals surface area contributed by atoms with Crippen LogP contribution in [0.15, 0.2) is 28.8 Å². The number of amides is 1. The zero-order valence-electron chi connectivity index (χ0n) is 16.6. The second-order valence-electron chi connectivity index (χ2n) is 8.14. The quantitative estimate of drug-likeness (QED) is 0.763. The Balaban J connectivity index is 1.37. The highest BCUT2D eigenvalue weighted by Crippen LogP contribution is 2.39. The van der Waals surface area contributed by atoms with Crippen LogP contribution in [-0.4, -0.2) is 57.1 Å². The number of likely N-dealkylation sites (tertiary alicyclic amines) is 2. The van der Waals surface area contributed by atoms with Gasteiger partial charge in [0.25, 0.3) is 0 Å². The van der Waals surface area contributed by atoms with E-state index >= 15 is 0 Å². The molecule has 0 aromatic carbocycles. The topological polar surface area (TPSA) is 75.4 Å². The molecule has 1 spiro atoms. The van der Waals surface area contributed by atoms with Crippen LogP contribution in [0.3, 0.4) is 0 Å². The van der Waals surface area contributed by atoms with Gasteiger partial charge in [0, 0.05) is 56.2 Å². The molecule has 0 aliphatic carbocycles. The number of piperidine rings is 2. The highest BCUT2D eigenvalue weighted by atomic mass is 16.4. The summed E-state index contributed by atoms with van der Waals surface area (Å²) < 4.78 is 5.70. The molecule has 0 radical (unpaired) electrons. The Bertz CT molecular complexity index is 793. The van der Waals surface area contributed by atoms with Gasteiger partial charge >= 0.3 is 0 Å². The van der Waals surface area contributed by atoms with E-state index in [0.717, 1.165) is 57.6 Å². The van der Waals surface area contributed by atoms with E-state index in [2.05, 4.69) is 25.0 Å². The molecule has 0 unspecified atom stereocenters. The number of aryl methyl sites for hydroxylation is 1. The third-order valence-electron chi connectivity index (χ3n) is 6.02. The van der Waals surface area contributed by atoms with E-state index in [0.29, 0.717) is 24.7 Å². The molecular weight excluding hydrogens is 354 g/mol. The van der Waals surface area contributed by atoms with Crippen molar-refractivity contribution in [1.82, 2.24) is 25.0 Å². The van der Waals surface area contributed by atoms with Crippen LogP contribution >= 0.6 is 0 Å². The molecular formula is C21H29N5O2. The first-order valence-electron chi connectivity index (χ1n) is 10.4. The second kappa shape index (κ2) is 8.39. The van der Waals surface area contributed by atoms with E-state index in [1.165, 1.54) is 6.42 Å². The van der Waals surface area contributed by atoms with Crippen LogP contribution in [0.5, 0.6) is 0 Å². The molecule has 1 atom stereocenters. The Labute approximate surface area is 166 Å². The summed E-state index contributed by atoms with van der Waals surface area (Å²) in [7, 11) is 0. The molecule has 2 aromatic heterocycles. The van der Waals surface area contributed by atoms with Crippen molar-refractivity contribution in [3.8, 4) is 0 Å². The van der Waals surface area contributed by atoms with E-state index in [9.17, 15) is 4.79 Å². The van der Waals surface area contributed by atoms with Crippen molar-refractivity contribution in [2.75, 3.05) is 26.2 Å². The number of hydrogen-bond acceptors (Lipinski definition) is 6. The molecule has 7 heteroatoms. The molecule has 4 rings (SSSR count). The number of hydrogen-bond donors (Lipinski definition) is 0. The summed E-state index contributed by atoms with van der Waals surface area (Å²) >= 11 is 0. The summed E-state index contributed by atoms with van der Waals surface area (Å²) in [6.45, 7) is 6.36. The van der Waals surface area contributed by atoms with Crippen molar-refractivity contribution in [1.29, 1.82) is 0 Å². The first kappa shape index (κ1) is 19.1. The smallest absolute Gasteiger partial charge is 0.230 e. The lowest BCUT2D eigenvalue weighted by molar-refractivity contribution is -0.139. The van der Waals surface area contributed by atoms with Gasteiger partial charge in [-0.3, -0.25) is 14.7 Å². The highest BCUT2D eigenvalue weighted by molar-refractivity contribution is 5.77. The standard InChI is InChI=1S/C21H29N5O2/c1-2-18-23-24-19(28-18)14-25-12-5-9-21(15-25)10-7-20(27)26(16-21)13-8-17-6-3-4-11-22-17/h3-4,6,11H,2,5,7-10,12-16H2,1H3/t21-/m1/s1. The van der Waals surface area contributed by atoms with E-state index in [1.807, 2.05) is 31.3 Å². The molecule has 0 bridgehead atoms. The molecule has 0 N–H and O–H groups in total. The van der Waals surface area contributed by atoms with Gasteiger partial charge in [0.1, 0.15) is 0 Å². The van der Waals surface area contributed by atoms with E-state index in [1.54, 1.807) is 0 Å². The van der Waals surface area contributed by atoms with Crippen molar-refractivity contribution in [2.45, 2.75) is 52.0 Å². The molecule has 1 amide bonds. The minimum atomic E-state index is 0.184. The number of nitrogens with zero attached hydrogens (tertiary/aromatic N) is 5. The maximum Gasteiger partial charge on any atom is 0.230 e. The summed E-state index contributed by atoms with van der Waals surface area (Å²) in [5.41, 5.74) is 1.23. The lowest BCUT2D eigenvalue weighted by atomic mass is 9.73. The number of rotatable bonds is 6. The van der Waals surface area contributed by atoms with Crippen molar-refractivity contribution in [3.63, 3.8) is 0 Å². The van der Waals surface area contributed by atoms with Crippen molar-refractivity contribution >= 4 is 5.91 Å². The molecule has 2 aromatic rings. The molecule has 2 aliphatic rings. The predicted molar refractivity (Wildman–Crippen MR) is 104 cm³/mol. The van der Waals surface area contributed by atoms with E-state index in [4.69, 9.17) is 4.42 Å². The van der Waals surface area contributed by atoms with Gasteiger partial charge in [-0.15, -0.1) is 10.2 Å². The van der Waals surface area contributed by atoms with Crippen LogP contribution in [0.4, 0.5) is 0 Å². The monoisotopic (exact) mass is 383 g/mol. The van der Waals surface area contributed by atoms with Gasteiger partial charge in [0.2, 0.25) is 17.7 Å². The molecule has 2 fully saturated rings. The fourth-order valence-corrected chi connectivity index (χ4v) is 4.57. The first-order valence-corrected chi connectivity index (χ1v) is 10.4. The van der Waals surface area contributed by atoms with Gasteiger partial charge < -0.3 is 9.32 Å². The Morgan fingerprint density at radius 1 is 1.18 bits per heavy atom. The molecule has 7 nitrogen and oxygen atoms in total. The number of aromatic nitrogens is 3.